The molecule has 4 heteroatoms. The quantitative estimate of drug-likeness (QED) is 0.775. The van der Waals surface area contributed by atoms with Crippen LogP contribution in [-0.4, -0.2) is 22.8 Å². The molecule has 1 aromatic carbocycles. The van der Waals surface area contributed by atoms with E-state index in [0.717, 1.165) is 5.56 Å². The molecule has 1 amide bonds. The van der Waals surface area contributed by atoms with Crippen molar-refractivity contribution in [2.24, 2.45) is 0 Å². The smallest absolute Gasteiger partial charge is 0.414 e. The van der Waals surface area contributed by atoms with Crippen molar-refractivity contribution in [1.82, 2.24) is 4.90 Å². The van der Waals surface area contributed by atoms with Gasteiger partial charge in [0, 0.05) is 18.7 Å². The highest BCUT2D eigenvalue weighted by molar-refractivity contribution is 5.92. The van der Waals surface area contributed by atoms with Crippen molar-refractivity contribution in [3.8, 4) is 0 Å². The van der Waals surface area contributed by atoms with E-state index >= 15 is 0 Å². The van der Waals surface area contributed by atoms with Crippen molar-refractivity contribution >= 4 is 11.9 Å². The van der Waals surface area contributed by atoms with E-state index in [1.165, 1.54) is 23.6 Å². The topological polar surface area (TPSA) is 46.6 Å². The van der Waals surface area contributed by atoms with Crippen molar-refractivity contribution in [2.75, 3.05) is 0 Å². The zero-order chi connectivity index (χ0) is 17.7. The summed E-state index contributed by atoms with van der Waals surface area (Å²) in [4.78, 5) is 24.4. The molecule has 1 aliphatic heterocycles. The first-order valence-electron chi connectivity index (χ1n) is 8.28. The predicted octanol–water partition coefficient (Wildman–Crippen LogP) is 4.94. The zero-order valence-corrected chi connectivity index (χ0v) is 14.9. The Morgan fingerprint density at radius 1 is 1.22 bits per heavy atom. The molecule has 1 atom stereocenters. The molecule has 0 N–H and O–H groups in total. The first-order chi connectivity index (χ1) is 11.1. The van der Waals surface area contributed by atoms with Crippen molar-refractivity contribution in [3.05, 3.63) is 48.2 Å². The van der Waals surface area contributed by atoms with E-state index in [1.807, 2.05) is 51.1 Å². The van der Waals surface area contributed by atoms with Crippen molar-refractivity contribution in [2.45, 2.75) is 60.1 Å². The number of carbonyl (C=O) groups excluding carboxylic acids is 2. The molecule has 1 heterocycles. The minimum Gasteiger partial charge on any atom is -0.444 e. The summed E-state index contributed by atoms with van der Waals surface area (Å²) >= 11 is 0. The summed E-state index contributed by atoms with van der Waals surface area (Å²) in [5.41, 5.74) is 0.940. The van der Waals surface area contributed by atoms with Gasteiger partial charge in [0.1, 0.15) is 6.61 Å². The second kappa shape index (κ2) is 12.4. The summed E-state index contributed by atoms with van der Waals surface area (Å²) in [6.45, 7) is 10.3. The maximum Gasteiger partial charge on any atom is 0.414 e. The van der Waals surface area contributed by atoms with Crippen molar-refractivity contribution in [3.63, 3.8) is 0 Å². The van der Waals surface area contributed by atoms with Gasteiger partial charge < -0.3 is 4.74 Å². The van der Waals surface area contributed by atoms with Gasteiger partial charge in [-0.25, -0.2) is 4.79 Å². The Hall–Kier alpha value is -2.10. The first kappa shape index (κ1) is 20.9. The summed E-state index contributed by atoms with van der Waals surface area (Å²) in [5.74, 6) is 0.0367. The third-order valence-corrected chi connectivity index (χ3v) is 2.81. The Morgan fingerprint density at radius 2 is 1.78 bits per heavy atom. The fourth-order valence-electron chi connectivity index (χ4n) is 1.80. The second-order valence-electron chi connectivity index (χ2n) is 4.99. The third kappa shape index (κ3) is 8.19. The fraction of sp³-hybridized carbons (Fsp3) is 0.474. The van der Waals surface area contributed by atoms with Gasteiger partial charge in [0.15, 0.2) is 5.78 Å². The average Bonchev–Trinajstić information content (AvgIpc) is 2.56. The highest BCUT2D eigenvalue weighted by Gasteiger charge is 2.24. The zero-order valence-electron chi connectivity index (χ0n) is 14.9. The lowest BCUT2D eigenvalue weighted by Gasteiger charge is -2.27. The lowest BCUT2D eigenvalue weighted by Crippen LogP contribution is -2.38. The van der Waals surface area contributed by atoms with Crippen LogP contribution in [0.15, 0.2) is 42.6 Å². The number of allylic oxidation sites excluding steroid dienone is 1. The van der Waals surface area contributed by atoms with Gasteiger partial charge in [0.2, 0.25) is 0 Å². The van der Waals surface area contributed by atoms with Crippen LogP contribution in [-0.2, 0) is 16.1 Å². The van der Waals surface area contributed by atoms with Gasteiger partial charge >= 0.3 is 6.09 Å². The summed E-state index contributed by atoms with van der Waals surface area (Å²) in [5, 5.41) is 0. The van der Waals surface area contributed by atoms with Crippen LogP contribution in [0.5, 0.6) is 0 Å². The van der Waals surface area contributed by atoms with Crippen molar-refractivity contribution in [1.29, 1.82) is 0 Å². The molecule has 0 fully saturated rings. The van der Waals surface area contributed by atoms with Gasteiger partial charge in [-0.3, -0.25) is 9.69 Å². The van der Waals surface area contributed by atoms with Crippen LogP contribution >= 0.6 is 0 Å². The Labute approximate surface area is 140 Å². The van der Waals surface area contributed by atoms with Gasteiger partial charge in [-0.1, -0.05) is 64.4 Å². The lowest BCUT2D eigenvalue weighted by molar-refractivity contribution is -0.116. The van der Waals surface area contributed by atoms with E-state index in [1.54, 1.807) is 0 Å². The Morgan fingerprint density at radius 3 is 2.30 bits per heavy atom. The van der Waals surface area contributed by atoms with Crippen LogP contribution in [0, 0.1) is 0 Å². The molecular formula is C19H29NO3. The minimum atomic E-state index is -0.421. The Balaban J connectivity index is 0.000000868. The molecule has 2 rings (SSSR count). The molecule has 0 saturated carbocycles. The van der Waals surface area contributed by atoms with Crippen LogP contribution in [0.3, 0.4) is 0 Å². The van der Waals surface area contributed by atoms with Gasteiger partial charge in [0.25, 0.3) is 0 Å². The molecule has 1 unspecified atom stereocenters. The van der Waals surface area contributed by atoms with Crippen molar-refractivity contribution < 1.29 is 14.3 Å². The molecule has 0 radical (unpaired) electrons. The number of ketones is 1. The molecule has 0 bridgehead atoms. The van der Waals surface area contributed by atoms with E-state index in [-0.39, 0.29) is 18.4 Å². The molecule has 1 aliphatic rings. The third-order valence-electron chi connectivity index (χ3n) is 2.81. The SMILES string of the molecule is CC.CC1CC(=O)C=CN1C(=O)OCc1ccccc1.CCC. The maximum absolute atomic E-state index is 11.8. The number of carbonyl (C=O) groups is 2. The molecule has 4 nitrogen and oxygen atoms in total. The molecule has 0 saturated heterocycles. The molecule has 23 heavy (non-hydrogen) atoms. The number of amides is 1. The van der Waals surface area contributed by atoms with Crippen LogP contribution in [0.25, 0.3) is 0 Å². The average molecular weight is 319 g/mol. The Bertz CT molecular complexity index is 483. The number of nitrogens with zero attached hydrogens (tertiary/aromatic N) is 1. The van der Waals surface area contributed by atoms with Crippen LogP contribution in [0.1, 0.15) is 53.0 Å². The van der Waals surface area contributed by atoms with E-state index in [2.05, 4.69) is 13.8 Å². The number of hydrogen-bond acceptors (Lipinski definition) is 3. The molecule has 0 spiro atoms. The number of rotatable bonds is 2. The van der Waals surface area contributed by atoms with Gasteiger partial charge in [-0.15, -0.1) is 0 Å². The summed E-state index contributed by atoms with van der Waals surface area (Å²) < 4.78 is 5.20. The van der Waals surface area contributed by atoms with Crippen LogP contribution < -0.4 is 0 Å². The van der Waals surface area contributed by atoms with E-state index in [9.17, 15) is 9.59 Å². The van der Waals surface area contributed by atoms with E-state index < -0.39 is 6.09 Å². The number of ether oxygens (including phenoxy) is 1. The molecule has 0 aromatic heterocycles. The number of hydrogen-bond donors (Lipinski definition) is 0. The minimum absolute atomic E-state index is 0.0367. The summed E-state index contributed by atoms with van der Waals surface area (Å²) in [6, 6.07) is 9.34. The molecular weight excluding hydrogens is 290 g/mol. The van der Waals surface area contributed by atoms with Gasteiger partial charge in [0.05, 0.1) is 0 Å². The largest absolute Gasteiger partial charge is 0.444 e. The monoisotopic (exact) mass is 319 g/mol. The highest BCUT2D eigenvalue weighted by Crippen LogP contribution is 2.14. The van der Waals surface area contributed by atoms with Crippen LogP contribution in [0.2, 0.25) is 0 Å². The predicted molar refractivity (Wildman–Crippen MR) is 94.0 cm³/mol. The van der Waals surface area contributed by atoms with Crippen LogP contribution in [0.4, 0.5) is 4.79 Å². The van der Waals surface area contributed by atoms with Gasteiger partial charge in [-0.2, -0.15) is 0 Å². The molecule has 128 valence electrons. The lowest BCUT2D eigenvalue weighted by atomic mass is 10.1. The first-order valence-corrected chi connectivity index (χ1v) is 8.28. The Kier molecular flexibility index (Phi) is 11.3. The second-order valence-corrected chi connectivity index (χ2v) is 4.99. The van der Waals surface area contributed by atoms with Gasteiger partial charge in [-0.05, 0) is 18.6 Å². The molecule has 1 aromatic rings. The normalized spacial score (nSPS) is 15.8. The number of benzene rings is 1. The molecule has 0 aliphatic carbocycles. The highest BCUT2D eigenvalue weighted by atomic mass is 16.6. The summed E-state index contributed by atoms with van der Waals surface area (Å²) in [6.07, 6.45) is 4.07. The maximum atomic E-state index is 11.8. The standard InChI is InChI=1S/C14H15NO3.C3H8.C2H6/c1-11-9-13(16)7-8-15(11)14(17)18-10-12-5-3-2-4-6-12;1-3-2;1-2/h2-8,11H,9-10H2,1H3;3H2,1-2H3;1-2H3. The fourth-order valence-corrected chi connectivity index (χ4v) is 1.80. The van der Waals surface area contributed by atoms with E-state index in [0.29, 0.717) is 6.42 Å². The van der Waals surface area contributed by atoms with E-state index in [4.69, 9.17) is 4.74 Å². The summed E-state index contributed by atoms with van der Waals surface area (Å²) in [7, 11) is 0.